The normalized spacial score (nSPS) is 13.0. The number of unbranched alkanes of at least 4 members (excludes halogenated alkanes) is 20. The van der Waals surface area contributed by atoms with Crippen molar-refractivity contribution in [3.05, 3.63) is 24.3 Å². The smallest absolute Gasteiger partial charge is 0.306 e. The van der Waals surface area contributed by atoms with Crippen LogP contribution in [0.3, 0.4) is 0 Å². The number of ether oxygens (including phenoxy) is 2. The van der Waals surface area contributed by atoms with Crippen molar-refractivity contribution in [1.29, 1.82) is 0 Å². The molecule has 0 amide bonds. The topological polar surface area (TPSA) is 89.9 Å². The van der Waals surface area contributed by atoms with Gasteiger partial charge in [-0.1, -0.05) is 147 Å². The number of aliphatic hydroxyl groups is 1. The van der Waals surface area contributed by atoms with Crippen LogP contribution < -0.4 is 0 Å². The van der Waals surface area contributed by atoms with Gasteiger partial charge in [-0.25, -0.2) is 0 Å². The van der Waals surface area contributed by atoms with E-state index < -0.39 is 24.1 Å². The molecule has 0 bridgehead atoms. The third-order valence-corrected chi connectivity index (χ3v) is 8.27. The number of carbonyl (C=O) groups is 3. The Bertz CT molecular complexity index is 759. The molecule has 2 atom stereocenters. The summed E-state index contributed by atoms with van der Waals surface area (Å²) in [5, 5.41) is 10.6. The second-order valence-electron chi connectivity index (χ2n) is 12.7. The van der Waals surface area contributed by atoms with Gasteiger partial charge in [0.1, 0.15) is 6.61 Å². The van der Waals surface area contributed by atoms with Crippen molar-refractivity contribution in [2.24, 2.45) is 0 Å². The van der Waals surface area contributed by atoms with E-state index >= 15 is 0 Å². The number of ketones is 1. The van der Waals surface area contributed by atoms with Gasteiger partial charge in [-0.3, -0.25) is 14.4 Å². The summed E-state index contributed by atoms with van der Waals surface area (Å²) in [5.74, 6) is -1.37. The minimum absolute atomic E-state index is 0.223. The molecule has 0 rings (SSSR count). The summed E-state index contributed by atoms with van der Waals surface area (Å²) in [6.07, 6.45) is 34.7. The molecule has 0 aromatic rings. The van der Waals surface area contributed by atoms with E-state index in [1.807, 2.05) is 0 Å². The van der Waals surface area contributed by atoms with E-state index in [1.165, 1.54) is 96.8 Å². The maximum absolute atomic E-state index is 12.6. The first-order valence-electron chi connectivity index (χ1n) is 18.8. The highest BCUT2D eigenvalue weighted by Crippen LogP contribution is 2.15. The SMILES string of the molecule is CCCCC/C=C\C/C=C\CCCCCCCC(=O)OC(COC(C)=O)C(O)C(=O)CCCCCCCCCCCCCCC. The maximum atomic E-state index is 12.6. The highest BCUT2D eigenvalue weighted by molar-refractivity contribution is 5.84. The zero-order chi connectivity index (χ0) is 33.2. The number of aliphatic hydroxyl groups excluding tert-OH is 1. The van der Waals surface area contributed by atoms with Gasteiger partial charge >= 0.3 is 11.9 Å². The maximum Gasteiger partial charge on any atom is 0.306 e. The predicted molar refractivity (Wildman–Crippen MR) is 187 cm³/mol. The Balaban J connectivity index is 4.05. The molecular formula is C39H70O6. The van der Waals surface area contributed by atoms with Crippen molar-refractivity contribution in [3.63, 3.8) is 0 Å². The molecule has 0 aromatic carbocycles. The number of Topliss-reactive ketones (excluding diaryl/α,β-unsaturated/α-hetero) is 1. The summed E-state index contributed by atoms with van der Waals surface area (Å²) < 4.78 is 10.4. The molecule has 0 heterocycles. The number of hydrogen-bond acceptors (Lipinski definition) is 6. The Morgan fingerprint density at radius 2 is 1.00 bits per heavy atom. The lowest BCUT2D eigenvalue weighted by atomic mass is 10.0. The summed E-state index contributed by atoms with van der Waals surface area (Å²) in [5.41, 5.74) is 0. The molecule has 0 radical (unpaired) electrons. The van der Waals surface area contributed by atoms with Crippen LogP contribution in [0.15, 0.2) is 24.3 Å². The fraction of sp³-hybridized carbons (Fsp3) is 0.821. The van der Waals surface area contributed by atoms with Gasteiger partial charge in [0, 0.05) is 19.8 Å². The first-order chi connectivity index (χ1) is 21.9. The molecule has 6 nitrogen and oxygen atoms in total. The largest absolute Gasteiger partial charge is 0.462 e. The molecule has 2 unspecified atom stereocenters. The van der Waals surface area contributed by atoms with Crippen molar-refractivity contribution in [2.75, 3.05) is 6.61 Å². The molecular weight excluding hydrogens is 564 g/mol. The van der Waals surface area contributed by atoms with Gasteiger partial charge in [-0.15, -0.1) is 0 Å². The molecule has 0 spiro atoms. The fourth-order valence-corrected chi connectivity index (χ4v) is 5.37. The molecule has 0 aliphatic rings. The molecule has 45 heavy (non-hydrogen) atoms. The van der Waals surface area contributed by atoms with E-state index in [0.29, 0.717) is 12.8 Å². The highest BCUT2D eigenvalue weighted by Gasteiger charge is 2.30. The summed E-state index contributed by atoms with van der Waals surface area (Å²) in [6, 6.07) is 0. The van der Waals surface area contributed by atoms with Crippen molar-refractivity contribution in [2.45, 2.75) is 200 Å². The second kappa shape index (κ2) is 33.4. The first-order valence-corrected chi connectivity index (χ1v) is 18.8. The van der Waals surface area contributed by atoms with Crippen molar-refractivity contribution < 1.29 is 29.0 Å². The van der Waals surface area contributed by atoms with Crippen LogP contribution in [0.4, 0.5) is 0 Å². The summed E-state index contributed by atoms with van der Waals surface area (Å²) in [7, 11) is 0. The van der Waals surface area contributed by atoms with Crippen molar-refractivity contribution in [3.8, 4) is 0 Å². The molecule has 0 saturated carbocycles. The third-order valence-electron chi connectivity index (χ3n) is 8.27. The van der Waals surface area contributed by atoms with Crippen LogP contribution in [0, 0.1) is 0 Å². The number of carbonyl (C=O) groups excluding carboxylic acids is 3. The molecule has 0 fully saturated rings. The second-order valence-corrected chi connectivity index (χ2v) is 12.7. The standard InChI is InChI=1S/C39H70O6/c1-4-6-8-10-12-14-16-18-19-21-23-25-27-29-31-33-38(42)45-37(34-44-35(3)40)39(43)36(41)32-30-28-26-24-22-20-17-15-13-11-9-7-5-2/h12,14,18-19,37,39,43H,4-11,13,15-17,20-34H2,1-3H3/b14-12-,19-18-. The Kier molecular flexibility index (Phi) is 32.0. The minimum atomic E-state index is -1.48. The zero-order valence-electron chi connectivity index (χ0n) is 29.5. The lowest BCUT2D eigenvalue weighted by Gasteiger charge is -2.22. The van der Waals surface area contributed by atoms with Gasteiger partial charge in [0.25, 0.3) is 0 Å². The monoisotopic (exact) mass is 635 g/mol. The molecule has 0 saturated heterocycles. The first kappa shape index (κ1) is 43.0. The van der Waals surface area contributed by atoms with Crippen molar-refractivity contribution in [1.82, 2.24) is 0 Å². The average Bonchev–Trinajstić information content (AvgIpc) is 3.02. The van der Waals surface area contributed by atoms with E-state index in [-0.39, 0.29) is 25.2 Å². The van der Waals surface area contributed by atoms with Crippen LogP contribution in [0.25, 0.3) is 0 Å². The summed E-state index contributed by atoms with van der Waals surface area (Å²) in [4.78, 5) is 36.4. The fourth-order valence-electron chi connectivity index (χ4n) is 5.37. The van der Waals surface area contributed by atoms with Crippen LogP contribution in [-0.4, -0.2) is 41.6 Å². The number of rotatable bonds is 33. The average molecular weight is 635 g/mol. The van der Waals surface area contributed by atoms with Crippen LogP contribution in [-0.2, 0) is 23.9 Å². The Morgan fingerprint density at radius 1 is 0.578 bits per heavy atom. The third kappa shape index (κ3) is 30.5. The van der Waals surface area contributed by atoms with E-state index in [0.717, 1.165) is 51.4 Å². The predicted octanol–water partition coefficient (Wildman–Crippen LogP) is 10.7. The quantitative estimate of drug-likeness (QED) is 0.0439. The van der Waals surface area contributed by atoms with Gasteiger partial charge < -0.3 is 14.6 Å². The minimum Gasteiger partial charge on any atom is -0.462 e. The zero-order valence-corrected chi connectivity index (χ0v) is 29.5. The number of hydrogen-bond donors (Lipinski definition) is 1. The van der Waals surface area contributed by atoms with Gasteiger partial charge in [0.05, 0.1) is 0 Å². The molecule has 0 aromatic heterocycles. The Labute approximate surface area is 277 Å². The van der Waals surface area contributed by atoms with Crippen LogP contribution in [0.1, 0.15) is 188 Å². The summed E-state index contributed by atoms with van der Waals surface area (Å²) in [6.45, 7) is 5.42. The molecule has 262 valence electrons. The molecule has 0 aliphatic carbocycles. The number of esters is 2. The van der Waals surface area contributed by atoms with Gasteiger partial charge in [0.15, 0.2) is 18.0 Å². The van der Waals surface area contributed by atoms with E-state index in [1.54, 1.807) is 0 Å². The lowest BCUT2D eigenvalue weighted by molar-refractivity contribution is -0.168. The molecule has 1 N–H and O–H groups in total. The number of allylic oxidation sites excluding steroid dienone is 4. The Hall–Kier alpha value is -1.95. The lowest BCUT2D eigenvalue weighted by Crippen LogP contribution is -2.41. The van der Waals surface area contributed by atoms with Crippen LogP contribution in [0.5, 0.6) is 0 Å². The molecule has 6 heteroatoms. The van der Waals surface area contributed by atoms with Gasteiger partial charge in [-0.2, -0.15) is 0 Å². The summed E-state index contributed by atoms with van der Waals surface area (Å²) >= 11 is 0. The Morgan fingerprint density at radius 3 is 1.51 bits per heavy atom. The van der Waals surface area contributed by atoms with E-state index in [9.17, 15) is 19.5 Å². The van der Waals surface area contributed by atoms with Gasteiger partial charge in [0.2, 0.25) is 0 Å². The highest BCUT2D eigenvalue weighted by atomic mass is 16.6. The van der Waals surface area contributed by atoms with Crippen LogP contribution in [0.2, 0.25) is 0 Å². The van der Waals surface area contributed by atoms with Crippen molar-refractivity contribution >= 4 is 17.7 Å². The van der Waals surface area contributed by atoms with E-state index in [4.69, 9.17) is 9.47 Å². The van der Waals surface area contributed by atoms with E-state index in [2.05, 4.69) is 38.2 Å². The van der Waals surface area contributed by atoms with Gasteiger partial charge in [-0.05, 0) is 44.9 Å². The van der Waals surface area contributed by atoms with Crippen LogP contribution >= 0.6 is 0 Å². The molecule has 0 aliphatic heterocycles.